The van der Waals surface area contributed by atoms with Crippen molar-refractivity contribution >= 4 is 39.9 Å². The Hall–Kier alpha value is -1.81. The second-order valence-electron chi connectivity index (χ2n) is 17.7. The molecule has 2 amide bonds. The number of hydrogen-bond acceptors (Lipinski definition) is 6. The normalized spacial score (nSPS) is 13.7. The number of rotatable bonds is 23. The molecule has 0 spiro atoms. The van der Waals surface area contributed by atoms with Gasteiger partial charge < -0.3 is 14.8 Å². The zero-order chi connectivity index (χ0) is 38.7. The van der Waals surface area contributed by atoms with E-state index in [2.05, 4.69) is 81.8 Å². The van der Waals surface area contributed by atoms with Crippen LogP contribution in [-0.2, 0) is 25.6 Å². The maximum absolute atomic E-state index is 13.2. The Labute approximate surface area is 317 Å². The number of nitrogens with one attached hydrogen (secondary N) is 3. The molecule has 0 radical (unpaired) electrons. The summed E-state index contributed by atoms with van der Waals surface area (Å²) in [5.41, 5.74) is -0.196. The molecule has 0 heterocycles. The standard InChI is InChI=1S/C30H50N3O5.3C4H9.Sn/c1-28(2,3)24(17-13-14-20-31-21-22-15-11-10-12-16-22)33-27(36)32-23(26(35)38-30(7,8)9)18-19-25(34)37-29(4,5)6;3*1-3-4-2;/h11-12,15-16,23-24,31H,13-14,17-21H2,1-9H3,(H2,32,33,36);3*1,3-4H2,2H3;/t23-,24-;;;;/m0..../s1. The van der Waals surface area contributed by atoms with Gasteiger partial charge in [-0.25, -0.2) is 9.59 Å². The molecule has 3 N–H and O–H groups in total. The van der Waals surface area contributed by atoms with Gasteiger partial charge in [-0.2, -0.15) is 0 Å². The van der Waals surface area contributed by atoms with E-state index in [9.17, 15) is 14.4 Å². The van der Waals surface area contributed by atoms with Crippen molar-refractivity contribution in [3.8, 4) is 0 Å². The van der Waals surface area contributed by atoms with Gasteiger partial charge in [0.2, 0.25) is 0 Å². The zero-order valence-electron chi connectivity index (χ0n) is 34.8. The molecule has 0 saturated heterocycles. The number of urea groups is 1. The van der Waals surface area contributed by atoms with Crippen LogP contribution in [0.3, 0.4) is 0 Å². The van der Waals surface area contributed by atoms with Gasteiger partial charge in [-0.3, -0.25) is 4.79 Å². The molecule has 51 heavy (non-hydrogen) atoms. The number of hydrogen-bond donors (Lipinski definition) is 3. The Bertz CT molecular complexity index is 1130. The molecule has 294 valence electrons. The monoisotopic (exact) mass is 823 g/mol. The number of unbranched alkanes of at least 4 members (excludes halogenated alkanes) is 4. The predicted octanol–water partition coefficient (Wildman–Crippen LogP) is 9.55. The van der Waals surface area contributed by atoms with Gasteiger partial charge in [-0.05, 0) is 48.0 Å². The number of carbonyl (C=O) groups is 3. The van der Waals surface area contributed by atoms with E-state index in [0.29, 0.717) is 0 Å². The number of amides is 2. The average Bonchev–Trinajstić information content (AvgIpc) is 3.02. The molecule has 0 aliphatic rings. The molecule has 8 nitrogen and oxygen atoms in total. The Balaban J connectivity index is 2.75. The molecule has 2 atom stereocenters. The summed E-state index contributed by atoms with van der Waals surface area (Å²) in [5, 5.41) is 9.54. The molecule has 1 aromatic rings. The van der Waals surface area contributed by atoms with Crippen molar-refractivity contribution in [2.45, 2.75) is 197 Å². The van der Waals surface area contributed by atoms with E-state index in [-0.39, 0.29) is 24.3 Å². The zero-order valence-corrected chi connectivity index (χ0v) is 37.7. The molecule has 0 bridgehead atoms. The van der Waals surface area contributed by atoms with Gasteiger partial charge >= 0.3 is 197 Å². The van der Waals surface area contributed by atoms with Gasteiger partial charge in [0.25, 0.3) is 0 Å². The molecule has 1 aromatic carbocycles. The quantitative estimate of drug-likeness (QED) is 0.0577. The van der Waals surface area contributed by atoms with Gasteiger partial charge in [-0.15, -0.1) is 0 Å². The topological polar surface area (TPSA) is 106 Å². The number of benzene rings is 1. The first-order valence-electron chi connectivity index (χ1n) is 20.1. The maximum atomic E-state index is 13.2. The SMILES string of the molecule is CCC[CH2][Sn]([CH2]CCC)([CH2]CCC)[c]1ccc(CNCCCC[C@H](NC(=O)N[C@@H](CCC(=O)OC(C)(C)C)C(=O)OC(C)(C)C)C(C)(C)C)cc1. The van der Waals surface area contributed by atoms with Crippen LogP contribution in [0.4, 0.5) is 4.79 Å². The van der Waals surface area contributed by atoms with Crippen molar-refractivity contribution < 1.29 is 23.9 Å². The van der Waals surface area contributed by atoms with E-state index in [1.807, 2.05) is 0 Å². The second kappa shape index (κ2) is 23.1. The minimum absolute atomic E-state index is 0.0123. The fourth-order valence-corrected chi connectivity index (χ4v) is 22.4. The predicted molar refractivity (Wildman–Crippen MR) is 216 cm³/mol. The summed E-state index contributed by atoms with van der Waals surface area (Å²) in [6, 6.07) is 8.20. The van der Waals surface area contributed by atoms with Gasteiger partial charge in [0, 0.05) is 6.42 Å². The van der Waals surface area contributed by atoms with Gasteiger partial charge in [0.15, 0.2) is 0 Å². The van der Waals surface area contributed by atoms with Crippen LogP contribution in [0.2, 0.25) is 13.3 Å². The van der Waals surface area contributed by atoms with Crippen LogP contribution in [0.5, 0.6) is 0 Å². The van der Waals surface area contributed by atoms with Gasteiger partial charge in [0.1, 0.15) is 17.2 Å². The van der Waals surface area contributed by atoms with Crippen molar-refractivity contribution in [3.63, 3.8) is 0 Å². The molecule has 1 rings (SSSR count). The van der Waals surface area contributed by atoms with Crippen LogP contribution < -0.4 is 19.5 Å². The van der Waals surface area contributed by atoms with Crippen molar-refractivity contribution in [1.29, 1.82) is 0 Å². The van der Waals surface area contributed by atoms with Crippen molar-refractivity contribution in [2.24, 2.45) is 5.41 Å². The van der Waals surface area contributed by atoms with Crippen molar-refractivity contribution in [3.05, 3.63) is 29.8 Å². The summed E-state index contributed by atoms with van der Waals surface area (Å²) >= 11 is -2.40. The Kier molecular flexibility index (Phi) is 21.4. The number of esters is 2. The molecule has 0 aliphatic heterocycles. The average molecular weight is 823 g/mol. The first kappa shape index (κ1) is 47.2. The van der Waals surface area contributed by atoms with Crippen LogP contribution in [0.15, 0.2) is 24.3 Å². The van der Waals surface area contributed by atoms with Crippen LogP contribution in [0, 0.1) is 5.41 Å². The molecule has 0 aliphatic carbocycles. The summed E-state index contributed by atoms with van der Waals surface area (Å²) in [4.78, 5) is 38.6. The Morgan fingerprint density at radius 3 is 1.69 bits per heavy atom. The van der Waals surface area contributed by atoms with Crippen LogP contribution in [0.1, 0.15) is 159 Å². The summed E-state index contributed by atoms with van der Waals surface area (Å²) in [6.07, 6.45) is 10.9. The van der Waals surface area contributed by atoms with E-state index < -0.39 is 53.6 Å². The first-order chi connectivity index (χ1) is 23.7. The van der Waals surface area contributed by atoms with Crippen LogP contribution >= 0.6 is 0 Å². The summed E-state index contributed by atoms with van der Waals surface area (Å²) in [5.74, 6) is -0.991. The molecular formula is C42H77N3O5Sn. The summed E-state index contributed by atoms with van der Waals surface area (Å²) in [6.45, 7) is 25.8. The van der Waals surface area contributed by atoms with E-state index in [0.717, 1.165) is 32.4 Å². The van der Waals surface area contributed by atoms with E-state index in [4.69, 9.17) is 9.47 Å². The third kappa shape index (κ3) is 20.3. The molecule has 0 fully saturated rings. The van der Waals surface area contributed by atoms with E-state index in [1.54, 1.807) is 45.1 Å². The fraction of sp³-hybridized carbons (Fsp3) is 0.786. The number of ether oxygens (including phenoxy) is 2. The van der Waals surface area contributed by atoms with E-state index >= 15 is 0 Å². The van der Waals surface area contributed by atoms with Crippen LogP contribution in [0.25, 0.3) is 0 Å². The molecule has 0 unspecified atom stereocenters. The fourth-order valence-electron chi connectivity index (χ4n) is 6.52. The van der Waals surface area contributed by atoms with Crippen molar-refractivity contribution in [1.82, 2.24) is 16.0 Å². The second-order valence-corrected chi connectivity index (χ2v) is 30.9. The Morgan fingerprint density at radius 1 is 0.686 bits per heavy atom. The third-order valence-electron chi connectivity index (χ3n) is 9.42. The molecule has 0 saturated carbocycles. The van der Waals surface area contributed by atoms with Crippen molar-refractivity contribution in [2.75, 3.05) is 6.54 Å². The molecule has 0 aromatic heterocycles. The van der Waals surface area contributed by atoms with Gasteiger partial charge in [0.05, 0.1) is 0 Å². The molecular weight excluding hydrogens is 745 g/mol. The van der Waals surface area contributed by atoms with Gasteiger partial charge in [-0.1, -0.05) is 20.8 Å². The third-order valence-corrected chi connectivity index (χ3v) is 25.1. The first-order valence-corrected chi connectivity index (χ1v) is 27.5. The van der Waals surface area contributed by atoms with E-state index in [1.165, 1.54) is 57.4 Å². The summed E-state index contributed by atoms with van der Waals surface area (Å²) < 4.78 is 17.2. The minimum atomic E-state index is -2.40. The van der Waals surface area contributed by atoms with Crippen LogP contribution in [-0.4, -0.2) is 66.2 Å². The summed E-state index contributed by atoms with van der Waals surface area (Å²) in [7, 11) is 0. The molecule has 9 heteroatoms. The Morgan fingerprint density at radius 2 is 1.22 bits per heavy atom. The number of carbonyl (C=O) groups excluding carboxylic acids is 3.